The highest BCUT2D eigenvalue weighted by molar-refractivity contribution is 7.86. The van der Waals surface area contributed by atoms with Gasteiger partial charge in [0.25, 0.3) is 10.1 Å². The normalized spacial score (nSPS) is 11.5. The second-order valence-corrected chi connectivity index (χ2v) is 3.70. The highest BCUT2D eigenvalue weighted by atomic mass is 32.2. The quantitative estimate of drug-likeness (QED) is 0.615. The number of aryl methyl sites for hydroxylation is 1. The maximum absolute atomic E-state index is 10.6. The molecule has 0 amide bonds. The van der Waals surface area contributed by atoms with Crippen molar-refractivity contribution < 1.29 is 13.0 Å². The van der Waals surface area contributed by atoms with Gasteiger partial charge in [0.1, 0.15) is 10.7 Å². The third-order valence-electron chi connectivity index (χ3n) is 1.30. The van der Waals surface area contributed by atoms with Crippen LogP contribution >= 0.6 is 0 Å². The standard InChI is InChI=1S/C6H8N2O3S/c1-4-2-3-5(6(7)8-4)12(9,10)11/h2-3H,1H3,(H2,7,8)(H,9,10,11). The molecule has 3 N–H and O–H groups in total. The number of hydrogen-bond donors (Lipinski definition) is 2. The molecule has 6 heteroatoms. The van der Waals surface area contributed by atoms with Crippen LogP contribution in [-0.2, 0) is 10.1 Å². The van der Waals surface area contributed by atoms with E-state index in [0.717, 1.165) is 0 Å². The molecule has 1 rings (SSSR count). The summed E-state index contributed by atoms with van der Waals surface area (Å²) < 4.78 is 29.8. The lowest BCUT2D eigenvalue weighted by atomic mass is 10.4. The number of pyridine rings is 1. The summed E-state index contributed by atoms with van der Waals surface area (Å²) in [5.41, 5.74) is 5.85. The first-order chi connectivity index (χ1) is 5.41. The zero-order valence-electron chi connectivity index (χ0n) is 6.35. The Morgan fingerprint density at radius 2 is 2.08 bits per heavy atom. The van der Waals surface area contributed by atoms with Crippen LogP contribution in [0.1, 0.15) is 5.69 Å². The molecule has 0 saturated heterocycles. The van der Waals surface area contributed by atoms with Crippen molar-refractivity contribution in [2.45, 2.75) is 11.8 Å². The van der Waals surface area contributed by atoms with E-state index in [4.69, 9.17) is 10.3 Å². The van der Waals surface area contributed by atoms with Crippen LogP contribution in [0.15, 0.2) is 17.0 Å². The highest BCUT2D eigenvalue weighted by Crippen LogP contribution is 2.14. The lowest BCUT2D eigenvalue weighted by molar-refractivity contribution is 0.483. The van der Waals surface area contributed by atoms with Crippen molar-refractivity contribution in [1.82, 2.24) is 4.98 Å². The summed E-state index contributed by atoms with van der Waals surface area (Å²) in [6.45, 7) is 1.67. The van der Waals surface area contributed by atoms with Crippen LogP contribution < -0.4 is 5.73 Å². The molecule has 1 aromatic heterocycles. The van der Waals surface area contributed by atoms with Gasteiger partial charge < -0.3 is 5.73 Å². The lowest BCUT2D eigenvalue weighted by Crippen LogP contribution is -2.05. The van der Waals surface area contributed by atoms with Crippen LogP contribution in [0.2, 0.25) is 0 Å². The topological polar surface area (TPSA) is 93.3 Å². The largest absolute Gasteiger partial charge is 0.383 e. The van der Waals surface area contributed by atoms with Crippen LogP contribution in [0, 0.1) is 6.92 Å². The zero-order chi connectivity index (χ0) is 9.35. The van der Waals surface area contributed by atoms with Gasteiger partial charge in [-0.1, -0.05) is 0 Å². The minimum atomic E-state index is -4.24. The fraction of sp³-hybridized carbons (Fsp3) is 0.167. The van der Waals surface area contributed by atoms with Crippen LogP contribution in [-0.4, -0.2) is 18.0 Å². The minimum Gasteiger partial charge on any atom is -0.383 e. The molecule has 0 aliphatic rings. The van der Waals surface area contributed by atoms with E-state index in [1.165, 1.54) is 12.1 Å². The summed E-state index contributed by atoms with van der Waals surface area (Å²) in [7, 11) is -4.24. The van der Waals surface area contributed by atoms with Gasteiger partial charge in [0.2, 0.25) is 0 Å². The SMILES string of the molecule is Cc1ccc(S(=O)(=O)O)c(N)n1. The number of nitrogens with zero attached hydrogens (tertiary/aromatic N) is 1. The average molecular weight is 188 g/mol. The Kier molecular flexibility index (Phi) is 2.03. The Labute approximate surface area is 70.0 Å². The molecule has 0 aromatic carbocycles. The maximum Gasteiger partial charge on any atom is 0.298 e. The number of hydrogen-bond acceptors (Lipinski definition) is 4. The van der Waals surface area contributed by atoms with Crippen LogP contribution in [0.3, 0.4) is 0 Å². The third-order valence-corrected chi connectivity index (χ3v) is 2.20. The molecule has 0 fully saturated rings. The molecule has 0 saturated carbocycles. The Morgan fingerprint density at radius 1 is 1.50 bits per heavy atom. The van der Waals surface area contributed by atoms with Crippen molar-refractivity contribution in [1.29, 1.82) is 0 Å². The fourth-order valence-corrected chi connectivity index (χ4v) is 1.33. The van der Waals surface area contributed by atoms with E-state index in [0.29, 0.717) is 5.69 Å². The number of aromatic nitrogens is 1. The van der Waals surface area contributed by atoms with Gasteiger partial charge in [0.15, 0.2) is 0 Å². The predicted molar refractivity (Wildman–Crippen MR) is 43.2 cm³/mol. The van der Waals surface area contributed by atoms with E-state index in [1.54, 1.807) is 6.92 Å². The van der Waals surface area contributed by atoms with Crippen molar-refractivity contribution in [2.75, 3.05) is 5.73 Å². The van der Waals surface area contributed by atoms with Gasteiger partial charge in [0, 0.05) is 5.69 Å². The van der Waals surface area contributed by atoms with Gasteiger partial charge in [-0.05, 0) is 19.1 Å². The lowest BCUT2D eigenvalue weighted by Gasteiger charge is -2.00. The minimum absolute atomic E-state index is 0.183. The summed E-state index contributed by atoms with van der Waals surface area (Å²) in [6, 6.07) is 2.67. The number of rotatable bonds is 1. The molecule has 0 unspecified atom stereocenters. The first kappa shape index (κ1) is 8.95. The number of nitrogens with two attached hydrogens (primary N) is 1. The van der Waals surface area contributed by atoms with Crippen molar-refractivity contribution in [3.63, 3.8) is 0 Å². The molecule has 5 nitrogen and oxygen atoms in total. The molecular formula is C6H8N2O3S. The summed E-state index contributed by atoms with van der Waals surface area (Å²) in [5, 5.41) is 0. The molecule has 1 aromatic rings. The molecular weight excluding hydrogens is 180 g/mol. The molecule has 0 spiro atoms. The summed E-state index contributed by atoms with van der Waals surface area (Å²) >= 11 is 0. The van der Waals surface area contributed by atoms with E-state index >= 15 is 0 Å². The van der Waals surface area contributed by atoms with Crippen LogP contribution in [0.25, 0.3) is 0 Å². The second kappa shape index (κ2) is 2.72. The van der Waals surface area contributed by atoms with Gasteiger partial charge in [-0.3, -0.25) is 4.55 Å². The Bertz CT molecular complexity index is 399. The molecule has 0 aliphatic heterocycles. The summed E-state index contributed by atoms with van der Waals surface area (Å²) in [5.74, 6) is -0.183. The van der Waals surface area contributed by atoms with Crippen molar-refractivity contribution >= 4 is 15.9 Å². The van der Waals surface area contributed by atoms with E-state index < -0.39 is 10.1 Å². The number of nitrogen functional groups attached to an aromatic ring is 1. The Morgan fingerprint density at radius 3 is 2.50 bits per heavy atom. The van der Waals surface area contributed by atoms with Crippen molar-refractivity contribution in [3.05, 3.63) is 17.8 Å². The van der Waals surface area contributed by atoms with Gasteiger partial charge in [-0.2, -0.15) is 8.42 Å². The van der Waals surface area contributed by atoms with E-state index in [9.17, 15) is 8.42 Å². The van der Waals surface area contributed by atoms with Crippen molar-refractivity contribution in [3.8, 4) is 0 Å². The van der Waals surface area contributed by atoms with Crippen molar-refractivity contribution in [2.24, 2.45) is 0 Å². The fourth-order valence-electron chi connectivity index (χ4n) is 0.782. The van der Waals surface area contributed by atoms with E-state index in [2.05, 4.69) is 4.98 Å². The van der Waals surface area contributed by atoms with Gasteiger partial charge in [0.05, 0.1) is 0 Å². The van der Waals surface area contributed by atoms with Crippen LogP contribution in [0.4, 0.5) is 5.82 Å². The molecule has 0 radical (unpaired) electrons. The molecule has 0 bridgehead atoms. The highest BCUT2D eigenvalue weighted by Gasteiger charge is 2.13. The average Bonchev–Trinajstić information content (AvgIpc) is 1.83. The van der Waals surface area contributed by atoms with E-state index in [-0.39, 0.29) is 10.7 Å². The zero-order valence-corrected chi connectivity index (χ0v) is 7.17. The van der Waals surface area contributed by atoms with Crippen LogP contribution in [0.5, 0.6) is 0 Å². The smallest absolute Gasteiger partial charge is 0.298 e. The Balaban J connectivity index is 3.39. The maximum atomic E-state index is 10.6. The first-order valence-corrected chi connectivity index (χ1v) is 4.56. The van der Waals surface area contributed by atoms with E-state index in [1.807, 2.05) is 0 Å². The van der Waals surface area contributed by atoms with Gasteiger partial charge in [-0.15, -0.1) is 0 Å². The third kappa shape index (κ3) is 1.72. The predicted octanol–water partition coefficient (Wildman–Crippen LogP) is 0.219. The molecule has 66 valence electrons. The van der Waals surface area contributed by atoms with Gasteiger partial charge in [-0.25, -0.2) is 4.98 Å². The summed E-state index contributed by atoms with van der Waals surface area (Å²) in [6.07, 6.45) is 0. The van der Waals surface area contributed by atoms with Gasteiger partial charge >= 0.3 is 0 Å². The Hall–Kier alpha value is -1.14. The molecule has 0 aliphatic carbocycles. The summed E-state index contributed by atoms with van der Waals surface area (Å²) in [4.78, 5) is 3.33. The number of anilines is 1. The molecule has 0 atom stereocenters. The monoisotopic (exact) mass is 188 g/mol. The molecule has 12 heavy (non-hydrogen) atoms. The molecule has 1 heterocycles. The first-order valence-electron chi connectivity index (χ1n) is 3.12. The second-order valence-electron chi connectivity index (χ2n) is 2.31.